The molecule has 15 heavy (non-hydrogen) atoms. The Hall–Kier alpha value is -1.26. The molecule has 0 fully saturated rings. The number of aromatic hydroxyl groups is 1. The van der Waals surface area contributed by atoms with Gasteiger partial charge in [-0.2, -0.15) is 0 Å². The van der Waals surface area contributed by atoms with E-state index in [0.717, 1.165) is 11.3 Å². The van der Waals surface area contributed by atoms with Crippen LogP contribution in [0.3, 0.4) is 0 Å². The number of fused-ring (bicyclic) bond motifs is 1. The molecular weight excluding hydrogens is 214 g/mol. The molecular formula is C10H12ClN3O. The van der Waals surface area contributed by atoms with Gasteiger partial charge < -0.3 is 10.8 Å². The van der Waals surface area contributed by atoms with E-state index in [0.29, 0.717) is 11.6 Å². The first-order valence-electron chi connectivity index (χ1n) is 4.69. The lowest BCUT2D eigenvalue weighted by Gasteiger charge is -2.04. The predicted molar refractivity (Wildman–Crippen MR) is 59.2 cm³/mol. The van der Waals surface area contributed by atoms with Crippen LogP contribution in [0.2, 0.25) is 5.15 Å². The second-order valence-electron chi connectivity index (χ2n) is 3.64. The highest BCUT2D eigenvalue weighted by Crippen LogP contribution is 2.21. The minimum Gasteiger partial charge on any atom is -0.506 e. The number of pyridine rings is 1. The summed E-state index contributed by atoms with van der Waals surface area (Å²) >= 11 is 5.96. The Morgan fingerprint density at radius 1 is 1.60 bits per heavy atom. The maximum Gasteiger partial charge on any atom is 0.155 e. The topological polar surface area (TPSA) is 63.5 Å². The number of aromatic nitrogens is 2. The van der Waals surface area contributed by atoms with Gasteiger partial charge in [-0.1, -0.05) is 11.6 Å². The molecule has 4 nitrogen and oxygen atoms in total. The standard InChI is InChI=1S/C10H12ClN3O/c1-6(12)4-9-13-10(11)8-3-2-7(15)5-14(8)9/h2-3,5-6,15H,4,12H2,1H3. The van der Waals surface area contributed by atoms with E-state index < -0.39 is 0 Å². The Morgan fingerprint density at radius 2 is 2.33 bits per heavy atom. The molecule has 0 spiro atoms. The molecule has 0 aliphatic heterocycles. The number of rotatable bonds is 2. The zero-order valence-electron chi connectivity index (χ0n) is 8.31. The van der Waals surface area contributed by atoms with E-state index in [1.165, 1.54) is 0 Å². The summed E-state index contributed by atoms with van der Waals surface area (Å²) in [6, 6.07) is 3.32. The van der Waals surface area contributed by atoms with Gasteiger partial charge >= 0.3 is 0 Å². The lowest BCUT2D eigenvalue weighted by atomic mass is 10.2. The van der Waals surface area contributed by atoms with E-state index in [9.17, 15) is 5.11 Å². The molecule has 1 atom stereocenters. The molecule has 0 bridgehead atoms. The molecule has 0 aliphatic rings. The quantitative estimate of drug-likeness (QED) is 0.816. The van der Waals surface area contributed by atoms with E-state index in [2.05, 4.69) is 4.98 Å². The molecule has 1 unspecified atom stereocenters. The average molecular weight is 226 g/mol. The fourth-order valence-corrected chi connectivity index (χ4v) is 1.78. The number of nitrogens with zero attached hydrogens (tertiary/aromatic N) is 2. The molecule has 0 saturated carbocycles. The summed E-state index contributed by atoms with van der Waals surface area (Å²) in [5.41, 5.74) is 6.49. The number of imidazole rings is 1. The average Bonchev–Trinajstić information content (AvgIpc) is 2.42. The van der Waals surface area contributed by atoms with Crippen molar-refractivity contribution in [2.75, 3.05) is 0 Å². The van der Waals surface area contributed by atoms with Crippen LogP contribution >= 0.6 is 11.6 Å². The molecule has 0 radical (unpaired) electrons. The second-order valence-corrected chi connectivity index (χ2v) is 4.00. The number of hydrogen-bond acceptors (Lipinski definition) is 3. The Bertz CT molecular complexity index is 493. The molecule has 0 aromatic carbocycles. The van der Waals surface area contributed by atoms with Crippen molar-refractivity contribution >= 4 is 17.1 Å². The summed E-state index contributed by atoms with van der Waals surface area (Å²) in [5, 5.41) is 9.81. The van der Waals surface area contributed by atoms with Gasteiger partial charge in [0.25, 0.3) is 0 Å². The number of hydrogen-bond donors (Lipinski definition) is 2. The summed E-state index contributed by atoms with van der Waals surface area (Å²) in [6.07, 6.45) is 2.21. The normalized spacial score (nSPS) is 13.3. The highest BCUT2D eigenvalue weighted by molar-refractivity contribution is 6.32. The van der Waals surface area contributed by atoms with Crippen molar-refractivity contribution in [3.05, 3.63) is 29.3 Å². The molecule has 2 rings (SSSR count). The monoisotopic (exact) mass is 225 g/mol. The van der Waals surface area contributed by atoms with E-state index >= 15 is 0 Å². The van der Waals surface area contributed by atoms with Gasteiger partial charge in [0.15, 0.2) is 5.15 Å². The van der Waals surface area contributed by atoms with Crippen molar-refractivity contribution in [1.29, 1.82) is 0 Å². The van der Waals surface area contributed by atoms with E-state index in [-0.39, 0.29) is 11.8 Å². The first kappa shape index (κ1) is 10.3. The minimum absolute atomic E-state index is 0.00835. The fourth-order valence-electron chi connectivity index (χ4n) is 1.53. The van der Waals surface area contributed by atoms with Crippen LogP contribution in [0.5, 0.6) is 5.75 Å². The van der Waals surface area contributed by atoms with Crippen molar-refractivity contribution in [3.8, 4) is 5.75 Å². The maximum absolute atomic E-state index is 9.38. The summed E-state index contributed by atoms with van der Waals surface area (Å²) in [5.74, 6) is 0.948. The summed E-state index contributed by atoms with van der Waals surface area (Å²) < 4.78 is 1.76. The van der Waals surface area contributed by atoms with Crippen LogP contribution in [0, 0.1) is 0 Å². The molecule has 2 aromatic heterocycles. The summed E-state index contributed by atoms with van der Waals surface area (Å²) in [4.78, 5) is 4.21. The largest absolute Gasteiger partial charge is 0.506 e. The van der Waals surface area contributed by atoms with Crippen molar-refractivity contribution < 1.29 is 5.11 Å². The third kappa shape index (κ3) is 1.91. The van der Waals surface area contributed by atoms with Gasteiger partial charge in [-0.05, 0) is 19.1 Å². The molecule has 0 aliphatic carbocycles. The lowest BCUT2D eigenvalue weighted by molar-refractivity contribution is 0.471. The Kier molecular flexibility index (Phi) is 2.54. The van der Waals surface area contributed by atoms with E-state index in [1.54, 1.807) is 22.7 Å². The maximum atomic E-state index is 9.38. The van der Waals surface area contributed by atoms with E-state index in [1.807, 2.05) is 6.92 Å². The smallest absolute Gasteiger partial charge is 0.155 e. The highest BCUT2D eigenvalue weighted by Gasteiger charge is 2.10. The molecule has 80 valence electrons. The van der Waals surface area contributed by atoms with Gasteiger partial charge in [0.2, 0.25) is 0 Å². The van der Waals surface area contributed by atoms with Crippen molar-refractivity contribution in [3.63, 3.8) is 0 Å². The van der Waals surface area contributed by atoms with Crippen LogP contribution in [-0.4, -0.2) is 20.5 Å². The van der Waals surface area contributed by atoms with Gasteiger partial charge in [-0.25, -0.2) is 4.98 Å². The van der Waals surface area contributed by atoms with Gasteiger partial charge in [0.1, 0.15) is 11.6 Å². The third-order valence-electron chi connectivity index (χ3n) is 2.15. The predicted octanol–water partition coefficient (Wildman–Crippen LogP) is 1.58. The van der Waals surface area contributed by atoms with Gasteiger partial charge in [-0.3, -0.25) is 4.40 Å². The lowest BCUT2D eigenvalue weighted by Crippen LogP contribution is -2.19. The first-order chi connectivity index (χ1) is 7.08. The van der Waals surface area contributed by atoms with Crippen molar-refractivity contribution in [2.45, 2.75) is 19.4 Å². The van der Waals surface area contributed by atoms with Crippen LogP contribution in [-0.2, 0) is 6.42 Å². The Balaban J connectivity index is 2.59. The van der Waals surface area contributed by atoms with Crippen LogP contribution in [0.15, 0.2) is 18.3 Å². The number of nitrogens with two attached hydrogens (primary N) is 1. The van der Waals surface area contributed by atoms with E-state index in [4.69, 9.17) is 17.3 Å². The van der Waals surface area contributed by atoms with Gasteiger partial charge in [0, 0.05) is 12.5 Å². The van der Waals surface area contributed by atoms with Crippen molar-refractivity contribution in [1.82, 2.24) is 9.38 Å². The molecule has 2 heterocycles. The summed E-state index contributed by atoms with van der Waals surface area (Å²) in [7, 11) is 0. The van der Waals surface area contributed by atoms with Gasteiger partial charge in [-0.15, -0.1) is 0 Å². The third-order valence-corrected chi connectivity index (χ3v) is 2.43. The van der Waals surface area contributed by atoms with Crippen LogP contribution in [0.1, 0.15) is 12.7 Å². The Labute approximate surface area is 92.3 Å². The first-order valence-corrected chi connectivity index (χ1v) is 5.07. The Morgan fingerprint density at radius 3 is 3.00 bits per heavy atom. The summed E-state index contributed by atoms with van der Waals surface area (Å²) in [6.45, 7) is 1.90. The SMILES string of the molecule is CC(N)Cc1nc(Cl)c2ccc(O)cn12. The zero-order valence-corrected chi connectivity index (χ0v) is 9.07. The van der Waals surface area contributed by atoms with Crippen LogP contribution in [0.25, 0.3) is 5.52 Å². The number of halogens is 1. The minimum atomic E-state index is 0.00835. The molecule has 5 heteroatoms. The molecule has 3 N–H and O–H groups in total. The van der Waals surface area contributed by atoms with Gasteiger partial charge in [0.05, 0.1) is 11.7 Å². The second kappa shape index (κ2) is 3.72. The van der Waals surface area contributed by atoms with Crippen LogP contribution < -0.4 is 5.73 Å². The highest BCUT2D eigenvalue weighted by atomic mass is 35.5. The molecule has 2 aromatic rings. The zero-order chi connectivity index (χ0) is 11.0. The van der Waals surface area contributed by atoms with Crippen molar-refractivity contribution in [2.24, 2.45) is 5.73 Å². The fraction of sp³-hybridized carbons (Fsp3) is 0.300. The molecule has 0 amide bonds. The molecule has 0 saturated heterocycles. The van der Waals surface area contributed by atoms with Crippen LogP contribution in [0.4, 0.5) is 0 Å².